The maximum Gasteiger partial charge on any atom is 0.228 e. The fraction of sp³-hybridized carbons (Fsp3) is 0.100. The Balaban J connectivity index is 1.37. The molecule has 0 bridgehead atoms. The molecular formula is C20H16N4OS2. The van der Waals surface area contributed by atoms with E-state index >= 15 is 0 Å². The van der Waals surface area contributed by atoms with Crippen LogP contribution in [0.3, 0.4) is 0 Å². The number of anilines is 1. The number of amides is 1. The van der Waals surface area contributed by atoms with E-state index in [2.05, 4.69) is 19.9 Å². The van der Waals surface area contributed by atoms with Gasteiger partial charge in [0, 0.05) is 27.6 Å². The van der Waals surface area contributed by atoms with Gasteiger partial charge < -0.3 is 5.32 Å². The van der Waals surface area contributed by atoms with Crippen LogP contribution < -0.4 is 5.32 Å². The molecule has 27 heavy (non-hydrogen) atoms. The van der Waals surface area contributed by atoms with E-state index in [1.165, 1.54) is 11.5 Å². The maximum absolute atomic E-state index is 12.3. The van der Waals surface area contributed by atoms with E-state index in [0.29, 0.717) is 6.42 Å². The highest BCUT2D eigenvalue weighted by Crippen LogP contribution is 2.22. The molecule has 0 spiro atoms. The summed E-state index contributed by atoms with van der Waals surface area (Å²) in [5.41, 5.74) is 5.59. The van der Waals surface area contributed by atoms with E-state index in [1.54, 1.807) is 11.3 Å². The average Bonchev–Trinajstić information content (AvgIpc) is 3.35. The van der Waals surface area contributed by atoms with Crippen LogP contribution in [0.1, 0.15) is 10.6 Å². The summed E-state index contributed by atoms with van der Waals surface area (Å²) in [6, 6.07) is 15.6. The highest BCUT2D eigenvalue weighted by molar-refractivity contribution is 7.09. The smallest absolute Gasteiger partial charge is 0.228 e. The molecular weight excluding hydrogens is 376 g/mol. The molecule has 1 N–H and O–H groups in total. The highest BCUT2D eigenvalue weighted by atomic mass is 32.1. The fourth-order valence-electron chi connectivity index (χ4n) is 2.69. The molecule has 2 aromatic heterocycles. The summed E-state index contributed by atoms with van der Waals surface area (Å²) < 4.78 is 3.86. The standard InChI is InChI=1S/C20H16N4OS2/c1-13-21-18(11-26-13)15-4-2-14(3-5-15)10-20(25)22-17-8-6-16(7-9-17)19-12-27-24-23-19/h2-9,11-12H,10H2,1H3,(H,22,25). The van der Waals surface area contributed by atoms with E-state index in [0.717, 1.165) is 38.8 Å². The monoisotopic (exact) mass is 392 g/mol. The number of hydrogen-bond donors (Lipinski definition) is 1. The number of rotatable bonds is 5. The van der Waals surface area contributed by atoms with Gasteiger partial charge in [0.05, 0.1) is 17.1 Å². The van der Waals surface area contributed by atoms with Crippen LogP contribution in [0.15, 0.2) is 59.3 Å². The summed E-state index contributed by atoms with van der Waals surface area (Å²) in [6.45, 7) is 1.99. The van der Waals surface area contributed by atoms with Gasteiger partial charge in [-0.15, -0.1) is 16.4 Å². The molecule has 0 radical (unpaired) electrons. The maximum atomic E-state index is 12.3. The van der Waals surface area contributed by atoms with Crippen molar-refractivity contribution in [3.05, 3.63) is 69.9 Å². The van der Waals surface area contributed by atoms with Gasteiger partial charge >= 0.3 is 0 Å². The van der Waals surface area contributed by atoms with Crippen LogP contribution in [0.4, 0.5) is 5.69 Å². The van der Waals surface area contributed by atoms with Crippen molar-refractivity contribution in [1.82, 2.24) is 14.6 Å². The van der Waals surface area contributed by atoms with Crippen LogP contribution in [0.25, 0.3) is 22.5 Å². The summed E-state index contributed by atoms with van der Waals surface area (Å²) in [5, 5.41) is 12.0. The third kappa shape index (κ3) is 4.27. The number of thiazole rings is 1. The number of nitrogens with zero attached hydrogens (tertiary/aromatic N) is 3. The molecule has 0 atom stereocenters. The molecule has 0 saturated carbocycles. The third-order valence-corrected chi connectivity index (χ3v) is 5.34. The molecule has 0 aliphatic rings. The van der Waals surface area contributed by atoms with E-state index in [9.17, 15) is 4.79 Å². The minimum Gasteiger partial charge on any atom is -0.326 e. The molecule has 0 aliphatic carbocycles. The molecule has 134 valence electrons. The van der Waals surface area contributed by atoms with Crippen LogP contribution in [0.2, 0.25) is 0 Å². The number of aryl methyl sites for hydroxylation is 1. The second-order valence-corrected chi connectivity index (χ2v) is 7.71. The summed E-state index contributed by atoms with van der Waals surface area (Å²) in [6.07, 6.45) is 0.328. The van der Waals surface area contributed by atoms with E-state index < -0.39 is 0 Å². The molecule has 4 aromatic rings. The van der Waals surface area contributed by atoms with Crippen molar-refractivity contribution in [3.8, 4) is 22.5 Å². The molecule has 0 fully saturated rings. The average molecular weight is 393 g/mol. The third-order valence-electron chi connectivity index (χ3n) is 4.06. The molecule has 2 aromatic carbocycles. The van der Waals surface area contributed by atoms with Crippen LogP contribution in [-0.4, -0.2) is 20.5 Å². The lowest BCUT2D eigenvalue weighted by Crippen LogP contribution is -2.14. The minimum absolute atomic E-state index is 0.0460. The summed E-state index contributed by atoms with van der Waals surface area (Å²) in [7, 11) is 0. The Bertz CT molecular complexity index is 1040. The van der Waals surface area contributed by atoms with Crippen molar-refractivity contribution >= 4 is 34.5 Å². The first kappa shape index (κ1) is 17.5. The van der Waals surface area contributed by atoms with Crippen molar-refractivity contribution in [1.29, 1.82) is 0 Å². The van der Waals surface area contributed by atoms with Gasteiger partial charge in [0.1, 0.15) is 5.69 Å². The number of carbonyl (C=O) groups is 1. The van der Waals surface area contributed by atoms with Gasteiger partial charge in [-0.05, 0) is 36.2 Å². The molecule has 5 nitrogen and oxygen atoms in total. The Kier molecular flexibility index (Phi) is 5.04. The predicted octanol–water partition coefficient (Wildman–Crippen LogP) is 4.82. The van der Waals surface area contributed by atoms with Crippen LogP contribution >= 0.6 is 22.9 Å². The summed E-state index contributed by atoms with van der Waals surface area (Å²) in [4.78, 5) is 16.8. The second-order valence-electron chi connectivity index (χ2n) is 6.04. The first-order valence-corrected chi connectivity index (χ1v) is 10.1. The molecule has 0 unspecified atom stereocenters. The van der Waals surface area contributed by atoms with Crippen molar-refractivity contribution in [2.75, 3.05) is 5.32 Å². The molecule has 2 heterocycles. The number of carbonyl (C=O) groups excluding carboxylic acids is 1. The SMILES string of the molecule is Cc1nc(-c2ccc(CC(=O)Nc3ccc(-c4csnn4)cc3)cc2)cs1. The van der Waals surface area contributed by atoms with Crippen molar-refractivity contribution < 1.29 is 4.79 Å². The molecule has 1 amide bonds. The van der Waals surface area contributed by atoms with Gasteiger partial charge in [-0.1, -0.05) is 40.9 Å². The zero-order valence-electron chi connectivity index (χ0n) is 14.5. The number of aromatic nitrogens is 3. The first-order chi connectivity index (χ1) is 13.2. The molecule has 7 heteroatoms. The number of benzene rings is 2. The largest absolute Gasteiger partial charge is 0.326 e. The van der Waals surface area contributed by atoms with Crippen molar-refractivity contribution in [2.24, 2.45) is 0 Å². The zero-order chi connectivity index (χ0) is 18.6. The Morgan fingerprint density at radius 2 is 1.67 bits per heavy atom. The van der Waals surface area contributed by atoms with Crippen LogP contribution in [-0.2, 0) is 11.2 Å². The Hall–Kier alpha value is -2.90. The normalized spacial score (nSPS) is 10.7. The van der Waals surface area contributed by atoms with E-state index in [-0.39, 0.29) is 5.91 Å². The van der Waals surface area contributed by atoms with Crippen LogP contribution in [0.5, 0.6) is 0 Å². The molecule has 0 saturated heterocycles. The van der Waals surface area contributed by atoms with Gasteiger partial charge in [-0.25, -0.2) is 4.98 Å². The topological polar surface area (TPSA) is 67.8 Å². The van der Waals surface area contributed by atoms with Gasteiger partial charge in [0.2, 0.25) is 5.91 Å². The van der Waals surface area contributed by atoms with E-state index in [1.807, 2.05) is 66.2 Å². The highest BCUT2D eigenvalue weighted by Gasteiger charge is 2.07. The van der Waals surface area contributed by atoms with Gasteiger partial charge in [-0.2, -0.15) is 0 Å². The van der Waals surface area contributed by atoms with Gasteiger partial charge in [-0.3, -0.25) is 4.79 Å². The Morgan fingerprint density at radius 1 is 0.963 bits per heavy atom. The number of nitrogens with one attached hydrogen (secondary N) is 1. The van der Waals surface area contributed by atoms with E-state index in [4.69, 9.17) is 0 Å². The minimum atomic E-state index is -0.0460. The van der Waals surface area contributed by atoms with Gasteiger partial charge in [0.25, 0.3) is 0 Å². The zero-order valence-corrected chi connectivity index (χ0v) is 16.2. The quantitative estimate of drug-likeness (QED) is 0.529. The summed E-state index contributed by atoms with van der Waals surface area (Å²) >= 11 is 2.95. The van der Waals surface area contributed by atoms with Crippen molar-refractivity contribution in [2.45, 2.75) is 13.3 Å². The fourth-order valence-corrected chi connectivity index (χ4v) is 3.78. The predicted molar refractivity (Wildman–Crippen MR) is 110 cm³/mol. The van der Waals surface area contributed by atoms with Gasteiger partial charge in [0.15, 0.2) is 0 Å². The Labute approximate surface area is 164 Å². The number of hydrogen-bond acceptors (Lipinski definition) is 6. The molecule has 4 rings (SSSR count). The first-order valence-electron chi connectivity index (χ1n) is 8.36. The second kappa shape index (κ2) is 7.77. The molecule has 0 aliphatic heterocycles. The lowest BCUT2D eigenvalue weighted by atomic mass is 10.1. The Morgan fingerprint density at radius 3 is 2.30 bits per heavy atom. The summed E-state index contributed by atoms with van der Waals surface area (Å²) in [5.74, 6) is -0.0460. The van der Waals surface area contributed by atoms with Crippen LogP contribution in [0, 0.1) is 6.92 Å². The lowest BCUT2D eigenvalue weighted by Gasteiger charge is -2.07. The lowest BCUT2D eigenvalue weighted by molar-refractivity contribution is -0.115. The van der Waals surface area contributed by atoms with Crippen molar-refractivity contribution in [3.63, 3.8) is 0 Å².